The molecule has 12 heavy (non-hydrogen) atoms. The SMILES string of the molecule is NNC(=O)C1CC1C1=CC=CC1. The monoisotopic (exact) mass is 164 g/mol. The lowest BCUT2D eigenvalue weighted by molar-refractivity contribution is -0.122. The van der Waals surface area contributed by atoms with Crippen molar-refractivity contribution in [3.05, 3.63) is 23.8 Å². The summed E-state index contributed by atoms with van der Waals surface area (Å²) in [6.07, 6.45) is 8.25. The van der Waals surface area contributed by atoms with E-state index in [0.29, 0.717) is 5.92 Å². The number of hydrazine groups is 1. The van der Waals surface area contributed by atoms with Crippen molar-refractivity contribution in [2.24, 2.45) is 17.7 Å². The van der Waals surface area contributed by atoms with Crippen LogP contribution < -0.4 is 11.3 Å². The lowest BCUT2D eigenvalue weighted by Crippen LogP contribution is -2.31. The van der Waals surface area contributed by atoms with E-state index in [1.807, 2.05) is 6.08 Å². The molecule has 1 saturated carbocycles. The minimum Gasteiger partial charge on any atom is -0.294 e. The zero-order valence-corrected chi connectivity index (χ0v) is 6.79. The first kappa shape index (κ1) is 7.55. The van der Waals surface area contributed by atoms with Crippen LogP contribution in [0.3, 0.4) is 0 Å². The molecule has 0 aliphatic heterocycles. The van der Waals surface area contributed by atoms with Crippen LogP contribution in [-0.4, -0.2) is 5.91 Å². The molecule has 1 amide bonds. The Hall–Kier alpha value is -1.09. The molecule has 0 heterocycles. The summed E-state index contributed by atoms with van der Waals surface area (Å²) in [6.45, 7) is 0. The molecular weight excluding hydrogens is 152 g/mol. The highest BCUT2D eigenvalue weighted by molar-refractivity contribution is 5.81. The number of allylic oxidation sites excluding steroid dienone is 4. The van der Waals surface area contributed by atoms with E-state index in [-0.39, 0.29) is 11.8 Å². The first-order valence-corrected chi connectivity index (χ1v) is 4.19. The van der Waals surface area contributed by atoms with Crippen molar-refractivity contribution in [2.75, 3.05) is 0 Å². The molecule has 64 valence electrons. The van der Waals surface area contributed by atoms with Crippen LogP contribution in [0.1, 0.15) is 12.8 Å². The molecule has 0 saturated heterocycles. The van der Waals surface area contributed by atoms with E-state index in [1.54, 1.807) is 0 Å². The second kappa shape index (κ2) is 2.75. The van der Waals surface area contributed by atoms with Crippen molar-refractivity contribution >= 4 is 5.91 Å². The van der Waals surface area contributed by atoms with Gasteiger partial charge in [0.25, 0.3) is 0 Å². The molecule has 2 atom stereocenters. The molecule has 0 radical (unpaired) electrons. The van der Waals surface area contributed by atoms with Crippen LogP contribution in [0.15, 0.2) is 23.8 Å². The van der Waals surface area contributed by atoms with E-state index in [4.69, 9.17) is 5.84 Å². The number of nitrogens with one attached hydrogen (secondary N) is 1. The molecule has 2 aliphatic rings. The predicted molar refractivity (Wildman–Crippen MR) is 45.8 cm³/mol. The van der Waals surface area contributed by atoms with Crippen molar-refractivity contribution in [3.63, 3.8) is 0 Å². The Balaban J connectivity index is 1.92. The van der Waals surface area contributed by atoms with Gasteiger partial charge in [0.1, 0.15) is 0 Å². The van der Waals surface area contributed by atoms with Gasteiger partial charge < -0.3 is 0 Å². The third-order valence-corrected chi connectivity index (χ3v) is 2.55. The van der Waals surface area contributed by atoms with Crippen LogP contribution in [0.2, 0.25) is 0 Å². The minimum absolute atomic E-state index is 0.0206. The second-order valence-electron chi connectivity index (χ2n) is 3.33. The van der Waals surface area contributed by atoms with Gasteiger partial charge in [-0.1, -0.05) is 23.8 Å². The van der Waals surface area contributed by atoms with Crippen LogP contribution >= 0.6 is 0 Å². The topological polar surface area (TPSA) is 55.1 Å². The van der Waals surface area contributed by atoms with Gasteiger partial charge in [-0.2, -0.15) is 0 Å². The fourth-order valence-electron chi connectivity index (χ4n) is 1.74. The maximum atomic E-state index is 11.1. The van der Waals surface area contributed by atoms with E-state index >= 15 is 0 Å². The first-order valence-electron chi connectivity index (χ1n) is 4.19. The predicted octanol–water partition coefficient (Wildman–Crippen LogP) is 0.499. The molecule has 0 aromatic heterocycles. The molecule has 3 nitrogen and oxygen atoms in total. The lowest BCUT2D eigenvalue weighted by Gasteiger charge is -1.99. The summed E-state index contributed by atoms with van der Waals surface area (Å²) >= 11 is 0. The Kier molecular flexibility index (Phi) is 1.73. The van der Waals surface area contributed by atoms with E-state index in [0.717, 1.165) is 12.8 Å². The zero-order valence-electron chi connectivity index (χ0n) is 6.79. The van der Waals surface area contributed by atoms with Gasteiger partial charge in [-0.15, -0.1) is 0 Å². The first-order chi connectivity index (χ1) is 5.83. The average Bonchev–Trinajstić information content (AvgIpc) is 2.71. The van der Waals surface area contributed by atoms with Gasteiger partial charge >= 0.3 is 0 Å². The number of amides is 1. The second-order valence-corrected chi connectivity index (χ2v) is 3.33. The van der Waals surface area contributed by atoms with Gasteiger partial charge in [-0.25, -0.2) is 5.84 Å². The quantitative estimate of drug-likeness (QED) is 0.355. The molecule has 2 aliphatic carbocycles. The Morgan fingerprint density at radius 2 is 2.50 bits per heavy atom. The summed E-state index contributed by atoms with van der Waals surface area (Å²) in [5.41, 5.74) is 3.57. The molecule has 0 aromatic carbocycles. The van der Waals surface area contributed by atoms with Crippen molar-refractivity contribution < 1.29 is 4.79 Å². The fourth-order valence-corrected chi connectivity index (χ4v) is 1.74. The number of carbonyl (C=O) groups is 1. The van der Waals surface area contributed by atoms with Crippen LogP contribution in [0.4, 0.5) is 0 Å². The highest BCUT2D eigenvalue weighted by atomic mass is 16.2. The summed E-state index contributed by atoms with van der Waals surface area (Å²) in [4.78, 5) is 11.1. The van der Waals surface area contributed by atoms with Crippen molar-refractivity contribution in [1.82, 2.24) is 5.43 Å². The Morgan fingerprint density at radius 1 is 1.67 bits per heavy atom. The van der Waals surface area contributed by atoms with Gasteiger partial charge in [0.2, 0.25) is 5.91 Å². The molecule has 0 aromatic rings. The number of nitrogens with two attached hydrogens (primary N) is 1. The van der Waals surface area contributed by atoms with Crippen LogP contribution in [0.5, 0.6) is 0 Å². The van der Waals surface area contributed by atoms with E-state index in [9.17, 15) is 4.79 Å². The Labute approximate surface area is 71.3 Å². The van der Waals surface area contributed by atoms with E-state index in [1.165, 1.54) is 5.57 Å². The highest BCUT2D eigenvalue weighted by Crippen LogP contribution is 2.46. The third-order valence-electron chi connectivity index (χ3n) is 2.55. The van der Waals surface area contributed by atoms with Crippen molar-refractivity contribution in [1.29, 1.82) is 0 Å². The molecule has 2 rings (SSSR count). The highest BCUT2D eigenvalue weighted by Gasteiger charge is 2.44. The smallest absolute Gasteiger partial charge is 0.237 e. The summed E-state index contributed by atoms with van der Waals surface area (Å²) < 4.78 is 0. The maximum Gasteiger partial charge on any atom is 0.237 e. The molecule has 0 spiro atoms. The Morgan fingerprint density at radius 3 is 3.08 bits per heavy atom. The Bertz CT molecular complexity index is 268. The molecular formula is C9H12N2O. The van der Waals surface area contributed by atoms with Crippen LogP contribution in [0.25, 0.3) is 0 Å². The number of hydrogen-bond acceptors (Lipinski definition) is 2. The molecule has 3 heteroatoms. The average molecular weight is 164 g/mol. The van der Waals surface area contributed by atoms with Gasteiger partial charge in [-0.05, 0) is 18.8 Å². The summed E-state index contributed by atoms with van der Waals surface area (Å²) in [6, 6.07) is 0. The summed E-state index contributed by atoms with van der Waals surface area (Å²) in [5, 5.41) is 0. The fraction of sp³-hybridized carbons (Fsp3) is 0.444. The summed E-state index contributed by atoms with van der Waals surface area (Å²) in [7, 11) is 0. The molecule has 0 bridgehead atoms. The minimum atomic E-state index is -0.0206. The van der Waals surface area contributed by atoms with E-state index < -0.39 is 0 Å². The molecule has 1 fully saturated rings. The largest absolute Gasteiger partial charge is 0.294 e. The number of rotatable bonds is 2. The van der Waals surface area contributed by atoms with Crippen molar-refractivity contribution in [2.45, 2.75) is 12.8 Å². The van der Waals surface area contributed by atoms with E-state index in [2.05, 4.69) is 17.6 Å². The lowest BCUT2D eigenvalue weighted by atomic mass is 10.1. The number of carbonyl (C=O) groups excluding carboxylic acids is 1. The molecule has 2 unspecified atom stereocenters. The number of hydrogen-bond donors (Lipinski definition) is 2. The standard InChI is InChI=1S/C9H12N2O/c10-11-9(12)8-5-7(8)6-3-1-2-4-6/h1-3,7-8H,4-5,10H2,(H,11,12). The third kappa shape index (κ3) is 1.16. The van der Waals surface area contributed by atoms with Gasteiger partial charge in [0.15, 0.2) is 0 Å². The van der Waals surface area contributed by atoms with Gasteiger partial charge in [0, 0.05) is 5.92 Å². The van der Waals surface area contributed by atoms with Crippen LogP contribution in [-0.2, 0) is 4.79 Å². The normalized spacial score (nSPS) is 31.6. The summed E-state index contributed by atoms with van der Waals surface area (Å²) in [5.74, 6) is 5.62. The van der Waals surface area contributed by atoms with Gasteiger partial charge in [-0.3, -0.25) is 10.2 Å². The van der Waals surface area contributed by atoms with Gasteiger partial charge in [0.05, 0.1) is 0 Å². The maximum absolute atomic E-state index is 11.1. The molecule has 3 N–H and O–H groups in total. The zero-order chi connectivity index (χ0) is 8.55. The van der Waals surface area contributed by atoms with Crippen LogP contribution in [0, 0.1) is 11.8 Å². The van der Waals surface area contributed by atoms with Crippen molar-refractivity contribution in [3.8, 4) is 0 Å².